The zero-order chi connectivity index (χ0) is 14.4. The third-order valence-electron chi connectivity index (χ3n) is 3.59. The Hall–Kier alpha value is -1.56. The molecule has 0 radical (unpaired) electrons. The lowest BCUT2D eigenvalue weighted by molar-refractivity contribution is 0.157. The Morgan fingerprint density at radius 1 is 1.60 bits per heavy atom. The minimum absolute atomic E-state index is 0.618. The number of aromatic nitrogens is 2. The van der Waals surface area contributed by atoms with Gasteiger partial charge in [-0.1, -0.05) is 0 Å². The van der Waals surface area contributed by atoms with Crippen LogP contribution in [0.4, 0.5) is 0 Å². The van der Waals surface area contributed by atoms with E-state index < -0.39 is 0 Å². The van der Waals surface area contributed by atoms with Crippen LogP contribution in [0.3, 0.4) is 0 Å². The number of nitrogens with zero attached hydrogens (tertiary/aromatic N) is 4. The van der Waals surface area contributed by atoms with Crippen LogP contribution >= 0.6 is 0 Å². The number of hydrogen-bond acceptors (Lipinski definition) is 3. The van der Waals surface area contributed by atoms with Crippen molar-refractivity contribution in [3.8, 4) is 0 Å². The number of methoxy groups -OCH3 is 1. The third kappa shape index (κ3) is 3.96. The number of hydrogen-bond donors (Lipinski definition) is 1. The fraction of sp³-hybridized carbons (Fsp3) is 0.714. The van der Waals surface area contributed by atoms with Crippen LogP contribution in [0, 0.1) is 12.8 Å². The highest BCUT2D eigenvalue weighted by Gasteiger charge is 2.24. The summed E-state index contributed by atoms with van der Waals surface area (Å²) in [4.78, 5) is 6.67. The Kier molecular flexibility index (Phi) is 5.40. The first kappa shape index (κ1) is 14.8. The monoisotopic (exact) mass is 279 g/mol. The molecule has 1 atom stereocenters. The summed E-state index contributed by atoms with van der Waals surface area (Å²) in [5.74, 6) is 1.60. The fourth-order valence-corrected chi connectivity index (χ4v) is 2.60. The average Bonchev–Trinajstić information content (AvgIpc) is 3.05. The van der Waals surface area contributed by atoms with Gasteiger partial charge in [-0.2, -0.15) is 5.10 Å². The van der Waals surface area contributed by atoms with Crippen molar-refractivity contribution in [2.45, 2.75) is 19.9 Å². The highest BCUT2D eigenvalue weighted by molar-refractivity contribution is 5.80. The first-order valence-corrected chi connectivity index (χ1v) is 7.16. The van der Waals surface area contributed by atoms with E-state index in [9.17, 15) is 0 Å². The number of aryl methyl sites for hydroxylation is 1. The van der Waals surface area contributed by atoms with Crippen LogP contribution in [0.1, 0.15) is 12.0 Å². The first-order valence-electron chi connectivity index (χ1n) is 7.16. The summed E-state index contributed by atoms with van der Waals surface area (Å²) in [6.45, 7) is 6.64. The average molecular weight is 279 g/mol. The second kappa shape index (κ2) is 7.28. The lowest BCUT2D eigenvalue weighted by Gasteiger charge is -2.21. The molecule has 1 unspecified atom stereocenters. The van der Waals surface area contributed by atoms with Crippen molar-refractivity contribution in [2.24, 2.45) is 10.9 Å². The predicted octanol–water partition coefficient (Wildman–Crippen LogP) is 0.735. The second-order valence-corrected chi connectivity index (χ2v) is 5.31. The Morgan fingerprint density at radius 3 is 3.10 bits per heavy atom. The summed E-state index contributed by atoms with van der Waals surface area (Å²) in [6, 6.07) is 0. The molecule has 0 aromatic carbocycles. The highest BCUT2D eigenvalue weighted by atomic mass is 16.5. The summed E-state index contributed by atoms with van der Waals surface area (Å²) < 4.78 is 7.18. The number of ether oxygens (including phenoxy) is 1. The van der Waals surface area contributed by atoms with Gasteiger partial charge in [-0.25, -0.2) is 0 Å². The molecule has 112 valence electrons. The maximum absolute atomic E-state index is 5.23. The molecule has 1 aliphatic rings. The molecule has 1 fully saturated rings. The van der Waals surface area contributed by atoms with Crippen molar-refractivity contribution in [3.63, 3.8) is 0 Å². The van der Waals surface area contributed by atoms with Gasteiger partial charge in [-0.3, -0.25) is 9.67 Å². The van der Waals surface area contributed by atoms with Gasteiger partial charge in [0.15, 0.2) is 5.96 Å². The van der Waals surface area contributed by atoms with E-state index in [1.54, 1.807) is 7.11 Å². The number of likely N-dealkylation sites (tertiary alicyclic amines) is 1. The normalized spacial score (nSPS) is 19.6. The molecule has 0 amide bonds. The van der Waals surface area contributed by atoms with Crippen molar-refractivity contribution >= 4 is 5.96 Å². The standard InChI is InChI=1S/C14H25N5O/c1-12-8-17-19(9-12)7-5-16-14(15-2)18-6-4-13(10-18)11-20-3/h8-9,13H,4-7,10-11H2,1-3H3,(H,15,16). The van der Waals surface area contributed by atoms with Gasteiger partial charge in [0.05, 0.1) is 19.3 Å². The summed E-state index contributed by atoms with van der Waals surface area (Å²) in [5, 5.41) is 7.69. The minimum atomic E-state index is 0.618. The highest BCUT2D eigenvalue weighted by Crippen LogP contribution is 2.16. The van der Waals surface area contributed by atoms with Crippen LogP contribution in [0.15, 0.2) is 17.4 Å². The third-order valence-corrected chi connectivity index (χ3v) is 3.59. The molecule has 6 nitrogen and oxygen atoms in total. The molecule has 0 saturated carbocycles. The van der Waals surface area contributed by atoms with Gasteiger partial charge in [0.25, 0.3) is 0 Å². The number of aliphatic imine (C=N–C) groups is 1. The summed E-state index contributed by atoms with van der Waals surface area (Å²) in [5.41, 5.74) is 1.19. The van der Waals surface area contributed by atoms with Crippen LogP contribution < -0.4 is 5.32 Å². The van der Waals surface area contributed by atoms with Gasteiger partial charge >= 0.3 is 0 Å². The van der Waals surface area contributed by atoms with E-state index in [4.69, 9.17) is 4.74 Å². The van der Waals surface area contributed by atoms with E-state index in [2.05, 4.69) is 33.4 Å². The van der Waals surface area contributed by atoms with Crippen LogP contribution in [-0.2, 0) is 11.3 Å². The van der Waals surface area contributed by atoms with Crippen molar-refractivity contribution in [2.75, 3.05) is 40.4 Å². The van der Waals surface area contributed by atoms with E-state index in [1.807, 2.05) is 17.9 Å². The van der Waals surface area contributed by atoms with Crippen LogP contribution in [-0.4, -0.2) is 61.0 Å². The zero-order valence-electron chi connectivity index (χ0n) is 12.7. The largest absolute Gasteiger partial charge is 0.384 e. The molecule has 1 aromatic heterocycles. The Balaban J connectivity index is 1.76. The topological polar surface area (TPSA) is 54.7 Å². The smallest absolute Gasteiger partial charge is 0.193 e. The Morgan fingerprint density at radius 2 is 2.45 bits per heavy atom. The fourth-order valence-electron chi connectivity index (χ4n) is 2.60. The van der Waals surface area contributed by atoms with Crippen molar-refractivity contribution < 1.29 is 4.74 Å². The lowest BCUT2D eigenvalue weighted by atomic mass is 10.1. The lowest BCUT2D eigenvalue weighted by Crippen LogP contribution is -2.41. The van der Waals surface area contributed by atoms with Gasteiger partial charge < -0.3 is 15.0 Å². The van der Waals surface area contributed by atoms with E-state index in [1.165, 1.54) is 12.0 Å². The number of rotatable bonds is 5. The minimum Gasteiger partial charge on any atom is -0.384 e. The molecule has 1 aromatic rings. The molecule has 1 aliphatic heterocycles. The number of guanidine groups is 1. The van der Waals surface area contributed by atoms with Gasteiger partial charge in [0.2, 0.25) is 0 Å². The molecule has 20 heavy (non-hydrogen) atoms. The van der Waals surface area contributed by atoms with E-state index in [0.717, 1.165) is 38.7 Å². The molecular weight excluding hydrogens is 254 g/mol. The quantitative estimate of drug-likeness (QED) is 0.638. The van der Waals surface area contributed by atoms with Crippen LogP contribution in [0.25, 0.3) is 0 Å². The summed E-state index contributed by atoms with van der Waals surface area (Å²) >= 11 is 0. The Labute approximate surface area is 120 Å². The first-order chi connectivity index (χ1) is 9.72. The number of nitrogens with one attached hydrogen (secondary N) is 1. The van der Waals surface area contributed by atoms with E-state index in [0.29, 0.717) is 5.92 Å². The van der Waals surface area contributed by atoms with Gasteiger partial charge in [-0.15, -0.1) is 0 Å². The maximum atomic E-state index is 5.23. The van der Waals surface area contributed by atoms with Gasteiger partial charge in [0.1, 0.15) is 0 Å². The SMILES string of the molecule is CN=C(NCCn1cc(C)cn1)N1CCC(COC)C1. The molecule has 2 rings (SSSR count). The Bertz CT molecular complexity index is 443. The molecule has 0 spiro atoms. The maximum Gasteiger partial charge on any atom is 0.193 e. The molecule has 0 bridgehead atoms. The molecular formula is C14H25N5O. The van der Waals surface area contributed by atoms with Crippen LogP contribution in [0.5, 0.6) is 0 Å². The van der Waals surface area contributed by atoms with Gasteiger partial charge in [-0.05, 0) is 18.9 Å². The molecule has 0 aliphatic carbocycles. The van der Waals surface area contributed by atoms with Crippen molar-refractivity contribution in [1.29, 1.82) is 0 Å². The molecule has 1 saturated heterocycles. The zero-order valence-corrected chi connectivity index (χ0v) is 12.7. The van der Waals surface area contributed by atoms with E-state index >= 15 is 0 Å². The summed E-state index contributed by atoms with van der Waals surface area (Å²) in [6.07, 6.45) is 5.10. The molecule has 2 heterocycles. The van der Waals surface area contributed by atoms with Crippen molar-refractivity contribution in [1.82, 2.24) is 20.0 Å². The van der Waals surface area contributed by atoms with Gasteiger partial charge in [0, 0.05) is 45.9 Å². The summed E-state index contributed by atoms with van der Waals surface area (Å²) in [7, 11) is 3.60. The predicted molar refractivity (Wildman–Crippen MR) is 79.9 cm³/mol. The van der Waals surface area contributed by atoms with Crippen LogP contribution in [0.2, 0.25) is 0 Å². The van der Waals surface area contributed by atoms with Crippen molar-refractivity contribution in [3.05, 3.63) is 18.0 Å². The molecule has 1 N–H and O–H groups in total. The molecule has 6 heteroatoms. The van der Waals surface area contributed by atoms with E-state index in [-0.39, 0.29) is 0 Å². The second-order valence-electron chi connectivity index (χ2n) is 5.31.